The number of hydrogen-bond donors (Lipinski definition) is 2. The van der Waals surface area contributed by atoms with Gasteiger partial charge in [0.2, 0.25) is 0 Å². The number of furan rings is 1. The first kappa shape index (κ1) is 19.5. The minimum atomic E-state index is -0.461. The molecule has 30 heavy (non-hydrogen) atoms. The maximum atomic E-state index is 10.5. The molecule has 2 heterocycles. The summed E-state index contributed by atoms with van der Waals surface area (Å²) < 4.78 is 12.0. The van der Waals surface area contributed by atoms with Gasteiger partial charge in [0.05, 0.1) is 26.2 Å². The van der Waals surface area contributed by atoms with Crippen molar-refractivity contribution in [3.63, 3.8) is 0 Å². The van der Waals surface area contributed by atoms with E-state index in [2.05, 4.69) is 41.3 Å². The number of benzene rings is 2. The summed E-state index contributed by atoms with van der Waals surface area (Å²) in [5.41, 5.74) is 3.59. The maximum Gasteiger partial charge on any atom is 0.137 e. The lowest BCUT2D eigenvalue weighted by atomic mass is 9.96. The SMILES string of the molecule is O[C@@H](COc1ccc2oc3c(c2c1)CCCC3)C[NH+]1CCN(c2ccccc2)CC1. The Morgan fingerprint density at radius 3 is 2.67 bits per heavy atom. The third kappa shape index (κ3) is 4.18. The van der Waals surface area contributed by atoms with Gasteiger partial charge in [0, 0.05) is 23.1 Å². The number of para-hydroxylation sites is 1. The fraction of sp³-hybridized carbons (Fsp3) is 0.440. The summed E-state index contributed by atoms with van der Waals surface area (Å²) in [4.78, 5) is 3.87. The molecule has 5 rings (SSSR count). The van der Waals surface area contributed by atoms with Crippen LogP contribution in [-0.2, 0) is 12.8 Å². The van der Waals surface area contributed by atoms with Crippen molar-refractivity contribution in [3.8, 4) is 5.75 Å². The molecule has 0 spiro atoms. The second-order valence-corrected chi connectivity index (χ2v) is 8.61. The lowest BCUT2D eigenvalue weighted by molar-refractivity contribution is -0.903. The van der Waals surface area contributed by atoms with Crippen LogP contribution < -0.4 is 14.5 Å². The standard InChI is InChI=1S/C25H30N2O3/c28-20(17-26-12-14-27(15-13-26)19-6-2-1-3-7-19)18-29-21-10-11-25-23(16-21)22-8-4-5-9-24(22)30-25/h1-3,6-7,10-11,16,20,28H,4-5,8-9,12-15,17-18H2/p+1/t20-/m1/s1. The van der Waals surface area contributed by atoms with Crippen molar-refractivity contribution in [2.45, 2.75) is 31.8 Å². The van der Waals surface area contributed by atoms with Crippen molar-refractivity contribution < 1.29 is 19.2 Å². The Morgan fingerprint density at radius 2 is 1.83 bits per heavy atom. The lowest BCUT2D eigenvalue weighted by Gasteiger charge is -2.34. The van der Waals surface area contributed by atoms with Gasteiger partial charge >= 0.3 is 0 Å². The fourth-order valence-corrected chi connectivity index (χ4v) is 4.84. The Bertz CT molecular complexity index is 977. The van der Waals surface area contributed by atoms with Crippen LogP contribution in [0.2, 0.25) is 0 Å². The Hall–Kier alpha value is -2.50. The molecular weight excluding hydrogens is 376 g/mol. The lowest BCUT2D eigenvalue weighted by Crippen LogP contribution is -3.16. The summed E-state index contributed by atoms with van der Waals surface area (Å²) in [5, 5.41) is 11.7. The number of ether oxygens (including phenoxy) is 1. The van der Waals surface area contributed by atoms with E-state index in [0.717, 1.165) is 62.7 Å². The molecule has 5 nitrogen and oxygen atoms in total. The van der Waals surface area contributed by atoms with E-state index in [0.29, 0.717) is 6.61 Å². The average Bonchev–Trinajstić information content (AvgIpc) is 3.17. The van der Waals surface area contributed by atoms with Crippen molar-refractivity contribution in [2.24, 2.45) is 0 Å². The molecule has 1 fully saturated rings. The summed E-state index contributed by atoms with van der Waals surface area (Å²) in [6.45, 7) is 5.19. The van der Waals surface area contributed by atoms with Gasteiger partial charge in [-0.25, -0.2) is 0 Å². The Kier molecular flexibility index (Phi) is 5.65. The summed E-state index contributed by atoms with van der Waals surface area (Å²) in [7, 11) is 0. The number of piperazine rings is 1. The Labute approximate surface area is 177 Å². The number of rotatable bonds is 6. The Morgan fingerprint density at radius 1 is 1.03 bits per heavy atom. The number of anilines is 1. The summed E-state index contributed by atoms with van der Waals surface area (Å²) in [5.74, 6) is 1.96. The Balaban J connectivity index is 1.13. The topological polar surface area (TPSA) is 50.3 Å². The van der Waals surface area contributed by atoms with Gasteiger partial charge in [-0.2, -0.15) is 0 Å². The van der Waals surface area contributed by atoms with Crippen molar-refractivity contribution in [1.82, 2.24) is 0 Å². The molecule has 1 saturated heterocycles. The second kappa shape index (κ2) is 8.70. The third-order valence-corrected chi connectivity index (χ3v) is 6.49. The van der Waals surface area contributed by atoms with Gasteiger partial charge in [0.1, 0.15) is 36.3 Å². The zero-order chi connectivity index (χ0) is 20.3. The third-order valence-electron chi connectivity index (χ3n) is 6.49. The highest BCUT2D eigenvalue weighted by Gasteiger charge is 2.23. The first-order valence-corrected chi connectivity index (χ1v) is 11.2. The molecule has 158 valence electrons. The van der Waals surface area contributed by atoms with Gasteiger partial charge in [-0.05, 0) is 49.6 Å². The largest absolute Gasteiger partial charge is 0.491 e. The average molecular weight is 408 g/mol. The minimum absolute atomic E-state index is 0.331. The van der Waals surface area contributed by atoms with Crippen LogP contribution in [0.15, 0.2) is 52.9 Å². The van der Waals surface area contributed by atoms with E-state index in [9.17, 15) is 5.11 Å². The number of hydrogen-bond acceptors (Lipinski definition) is 4. The summed E-state index contributed by atoms with van der Waals surface area (Å²) in [6.07, 6.45) is 4.11. The number of aliphatic hydroxyl groups is 1. The number of aryl methyl sites for hydroxylation is 2. The smallest absolute Gasteiger partial charge is 0.137 e. The van der Waals surface area contributed by atoms with E-state index in [-0.39, 0.29) is 0 Å². The van der Waals surface area contributed by atoms with Crippen LogP contribution >= 0.6 is 0 Å². The van der Waals surface area contributed by atoms with Crippen LogP contribution in [0.25, 0.3) is 11.0 Å². The van der Waals surface area contributed by atoms with Crippen molar-refractivity contribution in [1.29, 1.82) is 0 Å². The maximum absolute atomic E-state index is 10.5. The molecule has 5 heteroatoms. The van der Waals surface area contributed by atoms with E-state index in [1.807, 2.05) is 12.1 Å². The van der Waals surface area contributed by atoms with Crippen molar-refractivity contribution in [3.05, 3.63) is 59.9 Å². The van der Waals surface area contributed by atoms with Crippen molar-refractivity contribution >= 4 is 16.7 Å². The molecule has 2 N–H and O–H groups in total. The molecule has 0 radical (unpaired) electrons. The molecule has 2 aromatic carbocycles. The molecule has 1 aromatic heterocycles. The van der Waals surface area contributed by atoms with E-state index >= 15 is 0 Å². The molecule has 0 unspecified atom stereocenters. The van der Waals surface area contributed by atoms with Gasteiger partial charge in [-0.3, -0.25) is 0 Å². The minimum Gasteiger partial charge on any atom is -0.491 e. The van der Waals surface area contributed by atoms with E-state index in [1.54, 1.807) is 0 Å². The number of fused-ring (bicyclic) bond motifs is 3. The highest BCUT2D eigenvalue weighted by atomic mass is 16.5. The molecule has 0 bridgehead atoms. The molecular formula is C25H31N2O3+. The molecule has 2 aliphatic rings. The number of nitrogens with one attached hydrogen (secondary N) is 1. The van der Waals surface area contributed by atoms with Gasteiger partial charge in [0.15, 0.2) is 0 Å². The number of aliphatic hydroxyl groups excluding tert-OH is 1. The molecule has 3 aromatic rings. The molecule has 0 saturated carbocycles. The van der Waals surface area contributed by atoms with Crippen LogP contribution in [0, 0.1) is 0 Å². The number of nitrogens with zero attached hydrogens (tertiary/aromatic N) is 1. The van der Waals surface area contributed by atoms with E-state index in [1.165, 1.54) is 34.4 Å². The van der Waals surface area contributed by atoms with E-state index in [4.69, 9.17) is 9.15 Å². The van der Waals surface area contributed by atoms with Crippen LogP contribution in [0.4, 0.5) is 5.69 Å². The van der Waals surface area contributed by atoms with Gasteiger partial charge in [0.25, 0.3) is 0 Å². The monoisotopic (exact) mass is 407 g/mol. The second-order valence-electron chi connectivity index (χ2n) is 8.61. The molecule has 0 amide bonds. The highest BCUT2D eigenvalue weighted by molar-refractivity contribution is 5.84. The van der Waals surface area contributed by atoms with Gasteiger partial charge in [-0.1, -0.05) is 18.2 Å². The van der Waals surface area contributed by atoms with Gasteiger partial charge in [-0.15, -0.1) is 0 Å². The highest BCUT2D eigenvalue weighted by Crippen LogP contribution is 2.33. The fourth-order valence-electron chi connectivity index (χ4n) is 4.84. The van der Waals surface area contributed by atoms with Crippen LogP contribution in [-0.4, -0.2) is 50.5 Å². The first-order valence-electron chi connectivity index (χ1n) is 11.2. The molecule has 1 aliphatic carbocycles. The van der Waals surface area contributed by atoms with Gasteiger partial charge < -0.3 is 24.1 Å². The predicted molar refractivity (Wildman–Crippen MR) is 119 cm³/mol. The zero-order valence-corrected chi connectivity index (χ0v) is 17.5. The van der Waals surface area contributed by atoms with Crippen LogP contribution in [0.3, 0.4) is 0 Å². The van der Waals surface area contributed by atoms with Crippen LogP contribution in [0.5, 0.6) is 5.75 Å². The normalized spacial score (nSPS) is 18.4. The molecule has 1 atom stereocenters. The van der Waals surface area contributed by atoms with Crippen molar-refractivity contribution in [2.75, 3.05) is 44.2 Å². The quantitative estimate of drug-likeness (QED) is 0.659. The van der Waals surface area contributed by atoms with E-state index < -0.39 is 6.10 Å². The molecule has 1 aliphatic heterocycles. The van der Waals surface area contributed by atoms with Crippen LogP contribution in [0.1, 0.15) is 24.2 Å². The zero-order valence-electron chi connectivity index (χ0n) is 17.5. The first-order chi connectivity index (χ1) is 14.8. The summed E-state index contributed by atoms with van der Waals surface area (Å²) in [6, 6.07) is 16.6. The predicted octanol–water partition coefficient (Wildman–Crippen LogP) is 2.46. The number of quaternary nitrogens is 1. The summed E-state index contributed by atoms with van der Waals surface area (Å²) >= 11 is 0.